The van der Waals surface area contributed by atoms with Gasteiger partial charge in [-0.25, -0.2) is 0 Å². The predicted molar refractivity (Wildman–Crippen MR) is 88.8 cm³/mol. The van der Waals surface area contributed by atoms with Gasteiger partial charge in [-0.3, -0.25) is 9.59 Å². The molecule has 1 unspecified atom stereocenters. The minimum atomic E-state index is -1.01. The van der Waals surface area contributed by atoms with Crippen LogP contribution in [0.5, 0.6) is 0 Å². The van der Waals surface area contributed by atoms with Gasteiger partial charge < -0.3 is 10.8 Å². The lowest BCUT2D eigenvalue weighted by molar-refractivity contribution is -0.136. The molecule has 5 heteroatoms. The Morgan fingerprint density at radius 2 is 1.68 bits per heavy atom. The third-order valence-electron chi connectivity index (χ3n) is 3.31. The monoisotopic (exact) mass is 315 g/mol. The van der Waals surface area contributed by atoms with E-state index in [0.717, 1.165) is 16.7 Å². The molecular weight excluding hydrogens is 298 g/mol. The number of hydrogen-bond acceptors (Lipinski definition) is 3. The molecule has 0 spiro atoms. The molecule has 0 aliphatic heterocycles. The van der Waals surface area contributed by atoms with E-state index >= 15 is 0 Å². The lowest BCUT2D eigenvalue weighted by atomic mass is 9.96. The third kappa shape index (κ3) is 4.36. The summed E-state index contributed by atoms with van der Waals surface area (Å²) in [7, 11) is 0. The molecule has 1 atom stereocenters. The number of primary amides is 1. The molecule has 0 radical (unpaired) electrons. The van der Waals surface area contributed by atoms with Gasteiger partial charge in [-0.1, -0.05) is 54.6 Å². The minimum Gasteiger partial charge on any atom is -0.480 e. The summed E-state index contributed by atoms with van der Waals surface area (Å²) in [5.74, 6) is -1.01. The van der Waals surface area contributed by atoms with E-state index in [4.69, 9.17) is 10.8 Å². The largest absolute Gasteiger partial charge is 0.480 e. The molecule has 0 aromatic heterocycles. The highest BCUT2D eigenvalue weighted by atomic mass is 32.2. The normalized spacial score (nSPS) is 11.8. The van der Waals surface area contributed by atoms with Crippen LogP contribution in [0.2, 0.25) is 0 Å². The minimum absolute atomic E-state index is 0.354. The first-order chi connectivity index (χ1) is 10.6. The fourth-order valence-electron chi connectivity index (χ4n) is 2.30. The maximum Gasteiger partial charge on any atom is 0.317 e. The van der Waals surface area contributed by atoms with Gasteiger partial charge in [0, 0.05) is 0 Å². The average Bonchev–Trinajstić information content (AvgIpc) is 2.52. The van der Waals surface area contributed by atoms with Gasteiger partial charge in [0.25, 0.3) is 5.24 Å². The highest BCUT2D eigenvalue weighted by Gasteiger charge is 2.21. The van der Waals surface area contributed by atoms with E-state index in [0.29, 0.717) is 24.6 Å². The zero-order valence-corrected chi connectivity index (χ0v) is 12.8. The second-order valence-electron chi connectivity index (χ2n) is 4.83. The van der Waals surface area contributed by atoms with Gasteiger partial charge in [0.15, 0.2) is 0 Å². The topological polar surface area (TPSA) is 80.4 Å². The van der Waals surface area contributed by atoms with Crippen LogP contribution in [0, 0.1) is 0 Å². The number of aliphatic carboxylic acids is 1. The SMILES string of the molecule is NC(=O)SC(CCc1ccccc1-c1ccccc1)C(=O)O. The third-order valence-corrected chi connectivity index (χ3v) is 4.27. The van der Waals surface area contributed by atoms with E-state index in [1.54, 1.807) is 0 Å². The average molecular weight is 315 g/mol. The Labute approximate surface area is 133 Å². The number of carbonyl (C=O) groups is 2. The molecule has 0 heterocycles. The fourth-order valence-corrected chi connectivity index (χ4v) is 2.91. The van der Waals surface area contributed by atoms with Crippen molar-refractivity contribution in [2.75, 3.05) is 0 Å². The van der Waals surface area contributed by atoms with Crippen molar-refractivity contribution in [3.8, 4) is 11.1 Å². The van der Waals surface area contributed by atoms with Crippen LogP contribution < -0.4 is 5.73 Å². The quantitative estimate of drug-likeness (QED) is 0.854. The summed E-state index contributed by atoms with van der Waals surface area (Å²) in [5, 5.41) is 7.68. The van der Waals surface area contributed by atoms with E-state index in [9.17, 15) is 9.59 Å². The molecule has 0 saturated carbocycles. The standard InChI is InChI=1S/C17H17NO3S/c18-17(21)22-15(16(19)20)11-10-13-8-4-5-9-14(13)12-6-2-1-3-7-12/h1-9,15H,10-11H2,(H2,18,21)(H,19,20). The van der Waals surface area contributed by atoms with Gasteiger partial charge in [-0.05, 0) is 41.3 Å². The number of amides is 1. The van der Waals surface area contributed by atoms with E-state index < -0.39 is 16.5 Å². The zero-order valence-electron chi connectivity index (χ0n) is 11.9. The van der Waals surface area contributed by atoms with Crippen LogP contribution in [-0.4, -0.2) is 21.6 Å². The van der Waals surface area contributed by atoms with Crippen molar-refractivity contribution in [2.45, 2.75) is 18.1 Å². The summed E-state index contributed by atoms with van der Waals surface area (Å²) < 4.78 is 0. The molecule has 0 saturated heterocycles. The molecule has 0 fully saturated rings. The Kier molecular flexibility index (Phi) is 5.61. The van der Waals surface area contributed by atoms with E-state index in [1.165, 1.54) is 0 Å². The van der Waals surface area contributed by atoms with Crippen LogP contribution in [0.3, 0.4) is 0 Å². The second-order valence-corrected chi connectivity index (χ2v) is 6.03. The summed E-state index contributed by atoms with van der Waals surface area (Å²) in [4.78, 5) is 22.1. The Morgan fingerprint density at radius 1 is 1.05 bits per heavy atom. The lowest BCUT2D eigenvalue weighted by Crippen LogP contribution is -2.21. The first-order valence-electron chi connectivity index (χ1n) is 6.90. The molecular formula is C17H17NO3S. The van der Waals surface area contributed by atoms with Crippen LogP contribution in [-0.2, 0) is 11.2 Å². The number of aryl methyl sites for hydroxylation is 1. The van der Waals surface area contributed by atoms with Gasteiger partial charge in [0.1, 0.15) is 5.25 Å². The molecule has 22 heavy (non-hydrogen) atoms. The summed E-state index contributed by atoms with van der Waals surface area (Å²) in [5.41, 5.74) is 8.31. The Bertz CT molecular complexity index is 658. The van der Waals surface area contributed by atoms with Gasteiger partial charge >= 0.3 is 5.97 Å². The van der Waals surface area contributed by atoms with Crippen molar-refractivity contribution >= 4 is 23.0 Å². The molecule has 0 aliphatic carbocycles. The van der Waals surface area contributed by atoms with Crippen LogP contribution in [0.25, 0.3) is 11.1 Å². The van der Waals surface area contributed by atoms with Crippen molar-refractivity contribution < 1.29 is 14.7 Å². The lowest BCUT2D eigenvalue weighted by Gasteiger charge is -2.13. The molecule has 114 valence electrons. The first kappa shape index (κ1) is 16.1. The number of carbonyl (C=O) groups excluding carboxylic acids is 1. The molecule has 2 aromatic carbocycles. The number of rotatable bonds is 6. The molecule has 2 aromatic rings. The van der Waals surface area contributed by atoms with Gasteiger partial charge in [0.05, 0.1) is 0 Å². The van der Waals surface area contributed by atoms with Crippen LogP contribution >= 0.6 is 11.8 Å². The van der Waals surface area contributed by atoms with E-state index in [2.05, 4.69) is 0 Å². The molecule has 1 amide bonds. The first-order valence-corrected chi connectivity index (χ1v) is 7.78. The number of carboxylic acid groups (broad SMARTS) is 1. The zero-order chi connectivity index (χ0) is 15.9. The molecule has 4 nitrogen and oxygen atoms in total. The second kappa shape index (κ2) is 7.66. The van der Waals surface area contributed by atoms with Crippen molar-refractivity contribution in [3.05, 3.63) is 60.2 Å². The summed E-state index contributed by atoms with van der Waals surface area (Å²) >= 11 is 0.668. The summed E-state index contributed by atoms with van der Waals surface area (Å²) in [6, 6.07) is 17.8. The van der Waals surface area contributed by atoms with Gasteiger partial charge in [-0.2, -0.15) is 0 Å². The van der Waals surface area contributed by atoms with Crippen molar-refractivity contribution in [2.24, 2.45) is 5.73 Å². The Balaban J connectivity index is 2.16. The molecule has 3 N–H and O–H groups in total. The molecule has 0 bridgehead atoms. The highest BCUT2D eigenvalue weighted by molar-refractivity contribution is 8.14. The number of nitrogens with two attached hydrogens (primary N) is 1. The maximum atomic E-state index is 11.2. The molecule has 0 aliphatic rings. The van der Waals surface area contributed by atoms with Crippen LogP contribution in [0.1, 0.15) is 12.0 Å². The number of carboxylic acids is 1. The maximum absolute atomic E-state index is 11.2. The summed E-state index contributed by atoms with van der Waals surface area (Å²) in [6.07, 6.45) is 0.926. The van der Waals surface area contributed by atoms with Crippen molar-refractivity contribution in [1.29, 1.82) is 0 Å². The van der Waals surface area contributed by atoms with E-state index in [-0.39, 0.29) is 0 Å². The fraction of sp³-hybridized carbons (Fsp3) is 0.176. The van der Waals surface area contributed by atoms with Gasteiger partial charge in [0.2, 0.25) is 0 Å². The summed E-state index contributed by atoms with van der Waals surface area (Å²) in [6.45, 7) is 0. The Morgan fingerprint density at radius 3 is 2.32 bits per heavy atom. The predicted octanol–water partition coefficient (Wildman–Crippen LogP) is 3.55. The van der Waals surface area contributed by atoms with Crippen molar-refractivity contribution in [1.82, 2.24) is 0 Å². The number of thioether (sulfide) groups is 1. The van der Waals surface area contributed by atoms with Crippen molar-refractivity contribution in [3.63, 3.8) is 0 Å². The number of hydrogen-bond donors (Lipinski definition) is 2. The molecule has 2 rings (SSSR count). The Hall–Kier alpha value is -2.27. The number of benzene rings is 2. The van der Waals surface area contributed by atoms with Gasteiger partial charge in [-0.15, -0.1) is 0 Å². The highest BCUT2D eigenvalue weighted by Crippen LogP contribution is 2.26. The smallest absolute Gasteiger partial charge is 0.317 e. The van der Waals surface area contributed by atoms with Crippen LogP contribution in [0.15, 0.2) is 54.6 Å². The van der Waals surface area contributed by atoms with E-state index in [1.807, 2.05) is 54.6 Å². The van der Waals surface area contributed by atoms with Crippen LogP contribution in [0.4, 0.5) is 4.79 Å².